The highest BCUT2D eigenvalue weighted by Gasteiger charge is 2.35. The molecule has 9 heteroatoms. The summed E-state index contributed by atoms with van der Waals surface area (Å²) in [6, 6.07) is 4.44. The summed E-state index contributed by atoms with van der Waals surface area (Å²) in [5.41, 5.74) is 1.21. The number of fused-ring (bicyclic) bond motifs is 2. The summed E-state index contributed by atoms with van der Waals surface area (Å²) >= 11 is 0. The molecule has 0 spiro atoms. The van der Waals surface area contributed by atoms with E-state index in [2.05, 4.69) is 15.4 Å². The average Bonchev–Trinajstić information content (AvgIpc) is 3.18. The van der Waals surface area contributed by atoms with Crippen molar-refractivity contribution >= 4 is 22.6 Å². The van der Waals surface area contributed by atoms with E-state index in [4.69, 9.17) is 4.74 Å². The fourth-order valence-electron chi connectivity index (χ4n) is 3.46. The lowest BCUT2D eigenvalue weighted by molar-refractivity contribution is 0.101. The van der Waals surface area contributed by atoms with Crippen LogP contribution >= 0.6 is 0 Å². The lowest BCUT2D eigenvalue weighted by Gasteiger charge is -2.23. The number of aromatic nitrogens is 1. The van der Waals surface area contributed by atoms with E-state index in [9.17, 15) is 13.4 Å². The molecule has 1 amide bonds. The third-order valence-electron chi connectivity index (χ3n) is 4.97. The Morgan fingerprint density at radius 2 is 2.22 bits per heavy atom. The SMILES string of the molecule is Cc1cc(NC(=O)c2c3c(cn2C)S(=O)NC2CNC[C@H]2CO3)ccc1F. The first-order valence-corrected chi connectivity index (χ1v) is 9.87. The van der Waals surface area contributed by atoms with Crippen molar-refractivity contribution in [2.24, 2.45) is 13.0 Å². The van der Waals surface area contributed by atoms with E-state index in [1.807, 2.05) is 0 Å². The van der Waals surface area contributed by atoms with Gasteiger partial charge in [0.05, 0.1) is 6.61 Å². The smallest absolute Gasteiger partial charge is 0.276 e. The fourth-order valence-corrected chi connectivity index (χ4v) is 4.72. The van der Waals surface area contributed by atoms with Gasteiger partial charge in [0.2, 0.25) is 0 Å². The highest BCUT2D eigenvalue weighted by molar-refractivity contribution is 7.83. The molecule has 3 atom stereocenters. The quantitative estimate of drug-likeness (QED) is 0.720. The summed E-state index contributed by atoms with van der Waals surface area (Å²) in [5, 5.41) is 6.02. The zero-order valence-electron chi connectivity index (χ0n) is 15.0. The molecule has 0 saturated carbocycles. The van der Waals surface area contributed by atoms with Crippen molar-refractivity contribution < 1.29 is 18.1 Å². The zero-order valence-corrected chi connectivity index (χ0v) is 15.9. The maximum absolute atomic E-state index is 13.4. The summed E-state index contributed by atoms with van der Waals surface area (Å²) in [7, 11) is 0.228. The molecule has 1 aromatic heterocycles. The predicted molar refractivity (Wildman–Crippen MR) is 99.7 cm³/mol. The minimum Gasteiger partial charge on any atom is -0.489 e. The molecule has 2 aliphatic heterocycles. The Labute approximate surface area is 158 Å². The van der Waals surface area contributed by atoms with Crippen LogP contribution in [-0.2, 0) is 18.0 Å². The van der Waals surface area contributed by atoms with Crippen molar-refractivity contribution in [3.8, 4) is 5.75 Å². The number of benzene rings is 1. The minimum atomic E-state index is -1.48. The summed E-state index contributed by atoms with van der Waals surface area (Å²) in [6.07, 6.45) is 1.64. The van der Waals surface area contributed by atoms with Gasteiger partial charge in [0, 0.05) is 44.0 Å². The van der Waals surface area contributed by atoms with Crippen LogP contribution in [0.1, 0.15) is 16.1 Å². The first-order valence-electron chi connectivity index (χ1n) is 8.72. The Bertz CT molecular complexity index is 930. The van der Waals surface area contributed by atoms with Gasteiger partial charge in [0.15, 0.2) is 11.4 Å². The van der Waals surface area contributed by atoms with Crippen LogP contribution in [-0.4, -0.2) is 40.4 Å². The molecule has 3 heterocycles. The van der Waals surface area contributed by atoms with Crippen molar-refractivity contribution in [3.63, 3.8) is 0 Å². The van der Waals surface area contributed by atoms with Crippen molar-refractivity contribution in [1.29, 1.82) is 0 Å². The van der Waals surface area contributed by atoms with Gasteiger partial charge in [-0.1, -0.05) is 0 Å². The highest BCUT2D eigenvalue weighted by Crippen LogP contribution is 2.32. The second kappa shape index (κ2) is 7.06. The van der Waals surface area contributed by atoms with Gasteiger partial charge in [0.1, 0.15) is 21.7 Å². The molecular weight excluding hydrogens is 371 g/mol. The Morgan fingerprint density at radius 3 is 3.00 bits per heavy atom. The van der Waals surface area contributed by atoms with E-state index in [1.165, 1.54) is 12.1 Å². The Balaban J connectivity index is 1.64. The molecule has 4 rings (SSSR count). The molecule has 2 unspecified atom stereocenters. The number of anilines is 1. The molecular formula is C18H21FN4O3S. The van der Waals surface area contributed by atoms with Crippen molar-refractivity contribution in [1.82, 2.24) is 14.6 Å². The summed E-state index contributed by atoms with van der Waals surface area (Å²) in [4.78, 5) is 13.3. The Hall–Kier alpha value is -2.23. The number of hydrogen-bond acceptors (Lipinski definition) is 4. The van der Waals surface area contributed by atoms with E-state index >= 15 is 0 Å². The number of hydrogen-bond donors (Lipinski definition) is 3. The van der Waals surface area contributed by atoms with Crippen LogP contribution in [0.3, 0.4) is 0 Å². The van der Waals surface area contributed by atoms with Crippen molar-refractivity contribution in [3.05, 3.63) is 41.5 Å². The average molecular weight is 392 g/mol. The Morgan fingerprint density at radius 1 is 1.41 bits per heavy atom. The van der Waals surface area contributed by atoms with Gasteiger partial charge in [-0.2, -0.15) is 0 Å². The van der Waals surface area contributed by atoms with E-state index in [1.54, 1.807) is 30.8 Å². The van der Waals surface area contributed by atoms with Crippen molar-refractivity contribution in [2.75, 3.05) is 25.0 Å². The number of halogens is 1. The van der Waals surface area contributed by atoms with E-state index in [0.29, 0.717) is 28.5 Å². The molecule has 27 heavy (non-hydrogen) atoms. The standard InChI is InChI=1S/C18H21FN4O3S/c1-10-5-12(3-4-13(10)19)21-18(24)16-17-15(8-23(16)2)27(25)22-14-7-20-6-11(14)9-26-17/h3-5,8,11,14,20,22H,6-7,9H2,1-2H3,(H,21,24)/t11-,14?,27?/m0/s1. The normalized spacial score (nSPS) is 24.3. The molecule has 7 nitrogen and oxygen atoms in total. The number of aryl methyl sites for hydroxylation is 2. The molecule has 0 aliphatic carbocycles. The Kier molecular flexibility index (Phi) is 4.75. The molecule has 1 saturated heterocycles. The molecule has 1 aromatic carbocycles. The van der Waals surface area contributed by atoms with Gasteiger partial charge in [-0.3, -0.25) is 4.79 Å². The van der Waals surface area contributed by atoms with Crippen LogP contribution in [0.15, 0.2) is 29.3 Å². The number of nitrogens with zero attached hydrogens (tertiary/aromatic N) is 1. The first kappa shape index (κ1) is 18.1. The largest absolute Gasteiger partial charge is 0.489 e. The summed E-state index contributed by atoms with van der Waals surface area (Å²) < 4.78 is 36.9. The highest BCUT2D eigenvalue weighted by atomic mass is 32.2. The van der Waals surface area contributed by atoms with Gasteiger partial charge < -0.3 is 19.9 Å². The van der Waals surface area contributed by atoms with Crippen molar-refractivity contribution in [2.45, 2.75) is 17.9 Å². The second-order valence-corrected chi connectivity index (χ2v) is 8.14. The van der Waals surface area contributed by atoms with E-state index in [-0.39, 0.29) is 23.5 Å². The first-order chi connectivity index (χ1) is 12.9. The molecule has 2 aromatic rings. The van der Waals surface area contributed by atoms with Crippen LogP contribution in [0.2, 0.25) is 0 Å². The second-order valence-electron chi connectivity index (χ2n) is 6.92. The van der Waals surface area contributed by atoms with Gasteiger partial charge >= 0.3 is 0 Å². The lowest BCUT2D eigenvalue weighted by Crippen LogP contribution is -2.41. The number of ether oxygens (including phenoxy) is 1. The lowest BCUT2D eigenvalue weighted by atomic mass is 10.1. The van der Waals surface area contributed by atoms with Crippen LogP contribution < -0.4 is 20.1 Å². The third-order valence-corrected chi connectivity index (χ3v) is 6.18. The number of carbonyl (C=O) groups excluding carboxylic acids is 1. The van der Waals surface area contributed by atoms with Gasteiger partial charge in [0.25, 0.3) is 5.91 Å². The topological polar surface area (TPSA) is 84.4 Å². The van der Waals surface area contributed by atoms with Crippen LogP contribution in [0.25, 0.3) is 0 Å². The summed E-state index contributed by atoms with van der Waals surface area (Å²) in [6.45, 7) is 3.56. The zero-order chi connectivity index (χ0) is 19.1. The predicted octanol–water partition coefficient (Wildman–Crippen LogP) is 1.32. The monoisotopic (exact) mass is 392 g/mol. The molecule has 0 radical (unpaired) electrons. The van der Waals surface area contributed by atoms with Gasteiger partial charge in [-0.05, 0) is 30.7 Å². The minimum absolute atomic E-state index is 0.0682. The fraction of sp³-hybridized carbons (Fsp3) is 0.389. The van der Waals surface area contributed by atoms with Crippen LogP contribution in [0.5, 0.6) is 5.75 Å². The number of nitrogens with one attached hydrogen (secondary N) is 3. The van der Waals surface area contributed by atoms with Crippen LogP contribution in [0.4, 0.5) is 10.1 Å². The van der Waals surface area contributed by atoms with Crippen LogP contribution in [0, 0.1) is 18.7 Å². The number of carbonyl (C=O) groups is 1. The number of rotatable bonds is 2. The maximum Gasteiger partial charge on any atom is 0.276 e. The third kappa shape index (κ3) is 3.38. The van der Waals surface area contributed by atoms with Gasteiger partial charge in [-0.25, -0.2) is 13.3 Å². The maximum atomic E-state index is 13.4. The molecule has 0 bridgehead atoms. The molecule has 1 fully saturated rings. The molecule has 144 valence electrons. The summed E-state index contributed by atoms with van der Waals surface area (Å²) in [5.74, 6) is -0.229. The molecule has 2 aliphatic rings. The van der Waals surface area contributed by atoms with E-state index in [0.717, 1.165) is 13.1 Å². The molecule has 3 N–H and O–H groups in total. The van der Waals surface area contributed by atoms with E-state index < -0.39 is 16.9 Å². The van der Waals surface area contributed by atoms with Gasteiger partial charge in [-0.15, -0.1) is 0 Å². The number of amides is 1.